The number of aliphatic hydroxyl groups is 1. The van der Waals surface area contributed by atoms with Crippen LogP contribution >= 0.6 is 39.1 Å². The highest BCUT2D eigenvalue weighted by atomic mass is 79.9. The van der Waals surface area contributed by atoms with E-state index in [-0.39, 0.29) is 0 Å². The first kappa shape index (κ1) is 10.7. The molecule has 0 atom stereocenters. The van der Waals surface area contributed by atoms with Crippen molar-refractivity contribution < 1.29 is 5.11 Å². The first-order valence-corrected chi connectivity index (χ1v) is 5.95. The Morgan fingerprint density at radius 1 is 1.29 bits per heavy atom. The summed E-state index contributed by atoms with van der Waals surface area (Å²) in [5.74, 6) is 0. The molecular weight excluding hydrogens is 287 g/mol. The van der Waals surface area contributed by atoms with Gasteiger partial charge in [-0.1, -0.05) is 23.2 Å². The van der Waals surface area contributed by atoms with Crippen LogP contribution in [0.25, 0.3) is 0 Å². The molecule has 0 aromatic heterocycles. The summed E-state index contributed by atoms with van der Waals surface area (Å²) in [6.07, 6.45) is 2.57. The van der Waals surface area contributed by atoms with Crippen molar-refractivity contribution in [1.82, 2.24) is 0 Å². The van der Waals surface area contributed by atoms with Crippen molar-refractivity contribution in [2.75, 3.05) is 0 Å². The van der Waals surface area contributed by atoms with Crippen LogP contribution in [0.15, 0.2) is 16.6 Å². The van der Waals surface area contributed by atoms with Gasteiger partial charge in [-0.2, -0.15) is 0 Å². The molecule has 1 aliphatic rings. The van der Waals surface area contributed by atoms with Crippen LogP contribution in [-0.4, -0.2) is 5.11 Å². The molecule has 2 rings (SSSR count). The van der Waals surface area contributed by atoms with Crippen LogP contribution in [0.1, 0.15) is 24.8 Å². The minimum absolute atomic E-state index is 0.566. The van der Waals surface area contributed by atoms with Crippen molar-refractivity contribution in [3.05, 3.63) is 32.2 Å². The monoisotopic (exact) mass is 294 g/mol. The Hall–Kier alpha value is 0.240. The molecule has 0 saturated heterocycles. The van der Waals surface area contributed by atoms with Gasteiger partial charge in [-0.25, -0.2) is 0 Å². The normalized spacial score (nSPS) is 19.1. The van der Waals surface area contributed by atoms with Crippen LogP contribution in [-0.2, 0) is 5.60 Å². The molecule has 1 aromatic carbocycles. The molecule has 14 heavy (non-hydrogen) atoms. The molecule has 1 fully saturated rings. The number of halogens is 3. The van der Waals surface area contributed by atoms with Gasteiger partial charge in [0, 0.05) is 15.1 Å². The molecule has 1 saturated carbocycles. The Bertz CT molecular complexity index is 375. The summed E-state index contributed by atoms with van der Waals surface area (Å²) < 4.78 is 0.738. The lowest BCUT2D eigenvalue weighted by Gasteiger charge is -2.37. The standard InChI is InChI=1S/C10H9BrCl2O/c11-8-5-6(12)4-7(9(8)13)10(14)2-1-3-10/h4-5,14H,1-3H2. The summed E-state index contributed by atoms with van der Waals surface area (Å²) in [5.41, 5.74) is -0.0189. The van der Waals surface area contributed by atoms with E-state index in [9.17, 15) is 5.11 Å². The van der Waals surface area contributed by atoms with E-state index < -0.39 is 5.60 Å². The first-order chi connectivity index (χ1) is 6.53. The summed E-state index contributed by atoms with van der Waals surface area (Å²) >= 11 is 15.3. The summed E-state index contributed by atoms with van der Waals surface area (Å²) in [5, 5.41) is 11.3. The van der Waals surface area contributed by atoms with E-state index in [0.717, 1.165) is 29.3 Å². The van der Waals surface area contributed by atoms with Gasteiger partial charge in [0.25, 0.3) is 0 Å². The van der Waals surface area contributed by atoms with E-state index >= 15 is 0 Å². The molecule has 76 valence electrons. The minimum Gasteiger partial charge on any atom is -0.385 e. The lowest BCUT2D eigenvalue weighted by Crippen LogP contribution is -2.33. The lowest BCUT2D eigenvalue weighted by molar-refractivity contribution is -0.0387. The Labute approximate surface area is 101 Å². The Morgan fingerprint density at radius 2 is 1.93 bits per heavy atom. The maximum Gasteiger partial charge on any atom is 0.0911 e. The van der Waals surface area contributed by atoms with E-state index in [1.54, 1.807) is 12.1 Å². The van der Waals surface area contributed by atoms with Crippen LogP contribution in [0.4, 0.5) is 0 Å². The van der Waals surface area contributed by atoms with Crippen LogP contribution in [0.3, 0.4) is 0 Å². The van der Waals surface area contributed by atoms with Crippen molar-refractivity contribution in [2.24, 2.45) is 0 Å². The quantitative estimate of drug-likeness (QED) is 0.773. The Morgan fingerprint density at radius 3 is 2.43 bits per heavy atom. The van der Waals surface area contributed by atoms with Crippen molar-refractivity contribution >= 4 is 39.1 Å². The topological polar surface area (TPSA) is 20.2 Å². The maximum absolute atomic E-state index is 10.1. The first-order valence-electron chi connectivity index (χ1n) is 4.40. The second-order valence-electron chi connectivity index (χ2n) is 3.63. The molecule has 1 aromatic rings. The molecule has 0 unspecified atom stereocenters. The Kier molecular flexibility index (Phi) is 2.82. The van der Waals surface area contributed by atoms with Gasteiger partial charge in [-0.15, -0.1) is 0 Å². The highest BCUT2D eigenvalue weighted by molar-refractivity contribution is 9.10. The molecule has 4 heteroatoms. The van der Waals surface area contributed by atoms with E-state index in [2.05, 4.69) is 15.9 Å². The van der Waals surface area contributed by atoms with Gasteiger partial charge in [0.1, 0.15) is 0 Å². The van der Waals surface area contributed by atoms with Crippen LogP contribution < -0.4 is 0 Å². The fraction of sp³-hybridized carbons (Fsp3) is 0.400. The van der Waals surface area contributed by atoms with Gasteiger partial charge < -0.3 is 5.11 Å². The molecule has 0 aliphatic heterocycles. The summed E-state index contributed by atoms with van der Waals surface area (Å²) in [4.78, 5) is 0. The SMILES string of the molecule is OC1(c2cc(Cl)cc(Br)c2Cl)CCC1. The molecule has 0 amide bonds. The van der Waals surface area contributed by atoms with E-state index in [4.69, 9.17) is 23.2 Å². The number of hydrogen-bond acceptors (Lipinski definition) is 1. The smallest absolute Gasteiger partial charge is 0.0911 e. The summed E-state index contributed by atoms with van der Waals surface area (Å²) in [6.45, 7) is 0. The zero-order chi connectivity index (χ0) is 10.3. The third kappa shape index (κ3) is 1.69. The number of hydrogen-bond donors (Lipinski definition) is 1. The van der Waals surface area contributed by atoms with Crippen LogP contribution in [0, 0.1) is 0 Å². The minimum atomic E-state index is -0.759. The largest absolute Gasteiger partial charge is 0.385 e. The molecule has 0 radical (unpaired) electrons. The summed E-state index contributed by atoms with van der Waals surface area (Å²) in [7, 11) is 0. The summed E-state index contributed by atoms with van der Waals surface area (Å²) in [6, 6.07) is 3.48. The zero-order valence-corrected chi connectivity index (χ0v) is 10.5. The van der Waals surface area contributed by atoms with Gasteiger partial charge in [-0.05, 0) is 47.3 Å². The van der Waals surface area contributed by atoms with Crippen molar-refractivity contribution in [3.8, 4) is 0 Å². The predicted octanol–water partition coefficient (Wildman–Crippen LogP) is 4.13. The highest BCUT2D eigenvalue weighted by Crippen LogP contribution is 2.46. The Balaban J connectivity index is 2.51. The molecule has 0 heterocycles. The van der Waals surface area contributed by atoms with Crippen LogP contribution in [0.2, 0.25) is 10.0 Å². The van der Waals surface area contributed by atoms with Crippen molar-refractivity contribution in [3.63, 3.8) is 0 Å². The molecular formula is C10H9BrCl2O. The van der Waals surface area contributed by atoms with Crippen molar-refractivity contribution in [2.45, 2.75) is 24.9 Å². The fourth-order valence-corrected chi connectivity index (χ4v) is 2.77. The average Bonchev–Trinajstić information content (AvgIpc) is 2.07. The molecule has 1 N–H and O–H groups in total. The van der Waals surface area contributed by atoms with Crippen LogP contribution in [0.5, 0.6) is 0 Å². The van der Waals surface area contributed by atoms with Gasteiger partial charge in [0.2, 0.25) is 0 Å². The third-order valence-electron chi connectivity index (χ3n) is 2.68. The van der Waals surface area contributed by atoms with Gasteiger partial charge >= 0.3 is 0 Å². The van der Waals surface area contributed by atoms with Gasteiger partial charge in [0.15, 0.2) is 0 Å². The highest BCUT2D eigenvalue weighted by Gasteiger charge is 2.38. The van der Waals surface area contributed by atoms with E-state index in [1.807, 2.05) is 0 Å². The van der Waals surface area contributed by atoms with Gasteiger partial charge in [0.05, 0.1) is 10.6 Å². The second-order valence-corrected chi connectivity index (χ2v) is 5.30. The second kappa shape index (κ2) is 3.67. The average molecular weight is 296 g/mol. The lowest BCUT2D eigenvalue weighted by atomic mass is 9.75. The van der Waals surface area contributed by atoms with E-state index in [0.29, 0.717) is 10.0 Å². The third-order valence-corrected chi connectivity index (χ3v) is 4.15. The fourth-order valence-electron chi connectivity index (χ4n) is 1.68. The maximum atomic E-state index is 10.1. The molecule has 0 bridgehead atoms. The van der Waals surface area contributed by atoms with E-state index in [1.165, 1.54) is 0 Å². The number of rotatable bonds is 1. The molecule has 1 aliphatic carbocycles. The zero-order valence-electron chi connectivity index (χ0n) is 7.36. The molecule has 0 spiro atoms. The molecule has 1 nitrogen and oxygen atoms in total. The number of benzene rings is 1. The van der Waals surface area contributed by atoms with Crippen molar-refractivity contribution in [1.29, 1.82) is 0 Å². The van der Waals surface area contributed by atoms with Gasteiger partial charge in [-0.3, -0.25) is 0 Å². The predicted molar refractivity (Wildman–Crippen MR) is 61.9 cm³/mol.